The van der Waals surface area contributed by atoms with Gasteiger partial charge in [-0.3, -0.25) is 4.79 Å². The van der Waals surface area contributed by atoms with Crippen molar-refractivity contribution in [3.63, 3.8) is 0 Å². The molecule has 0 aromatic heterocycles. The molecule has 0 aliphatic carbocycles. The third-order valence-electron chi connectivity index (χ3n) is 2.61. The fourth-order valence-corrected chi connectivity index (χ4v) is 0.980. The van der Waals surface area contributed by atoms with Crippen LogP contribution >= 0.6 is 0 Å². The van der Waals surface area contributed by atoms with Gasteiger partial charge < -0.3 is 15.7 Å². The number of nitrogens with one attached hydrogen (secondary N) is 2. The number of hydrogen-bond acceptors (Lipinski definition) is 3. The van der Waals surface area contributed by atoms with Crippen molar-refractivity contribution in [2.45, 2.75) is 44.9 Å². The second-order valence-electron chi connectivity index (χ2n) is 4.17. The molecule has 0 spiro atoms. The Labute approximate surface area is 103 Å². The molecule has 0 bridgehead atoms. The Morgan fingerprint density at radius 1 is 1.33 bits per heavy atom. The highest BCUT2D eigenvalue weighted by atomic mass is 19.4. The highest BCUT2D eigenvalue weighted by molar-refractivity contribution is 5.88. The molecule has 0 saturated heterocycles. The van der Waals surface area contributed by atoms with E-state index in [0.717, 1.165) is 0 Å². The quantitative estimate of drug-likeness (QED) is 0.670. The van der Waals surface area contributed by atoms with Gasteiger partial charge in [0.15, 0.2) is 0 Å². The lowest BCUT2D eigenvalue weighted by molar-refractivity contribution is -0.206. The predicted octanol–water partition coefficient (Wildman–Crippen LogP) is 0.896. The Hall–Kier alpha value is -1.31. The largest absolute Gasteiger partial charge is 0.479 e. The summed E-state index contributed by atoms with van der Waals surface area (Å²) in [4.78, 5) is 21.9. The summed E-state index contributed by atoms with van der Waals surface area (Å²) in [5.41, 5.74) is -3.28. The van der Waals surface area contributed by atoms with Crippen LogP contribution in [0.4, 0.5) is 13.2 Å². The van der Waals surface area contributed by atoms with E-state index in [1.807, 2.05) is 6.92 Å². The van der Waals surface area contributed by atoms with Crippen LogP contribution in [0.1, 0.15) is 27.2 Å². The molecule has 3 N–H and O–H groups in total. The lowest BCUT2D eigenvalue weighted by atomic mass is 10.0. The smallest absolute Gasteiger partial charge is 0.422 e. The number of carboxylic acid groups (broad SMARTS) is 1. The molecule has 0 radical (unpaired) electrons. The first-order valence-corrected chi connectivity index (χ1v) is 5.39. The van der Waals surface area contributed by atoms with Crippen LogP contribution < -0.4 is 10.6 Å². The van der Waals surface area contributed by atoms with E-state index in [2.05, 4.69) is 5.32 Å². The highest BCUT2D eigenvalue weighted by Gasteiger charge is 2.58. The van der Waals surface area contributed by atoms with Crippen molar-refractivity contribution < 1.29 is 27.9 Å². The molecule has 0 aliphatic heterocycles. The molecular weight excluding hydrogens is 253 g/mol. The van der Waals surface area contributed by atoms with Crippen molar-refractivity contribution in [2.75, 3.05) is 6.54 Å². The highest BCUT2D eigenvalue weighted by Crippen LogP contribution is 2.30. The summed E-state index contributed by atoms with van der Waals surface area (Å²) in [5, 5.41) is 12.7. The van der Waals surface area contributed by atoms with Gasteiger partial charge in [0, 0.05) is 6.04 Å². The molecule has 0 aliphatic rings. The van der Waals surface area contributed by atoms with E-state index in [9.17, 15) is 22.8 Å². The monoisotopic (exact) mass is 270 g/mol. The van der Waals surface area contributed by atoms with Crippen LogP contribution in [0.5, 0.6) is 0 Å². The second kappa shape index (κ2) is 6.03. The van der Waals surface area contributed by atoms with E-state index in [1.165, 1.54) is 5.32 Å². The Morgan fingerprint density at radius 3 is 2.17 bits per heavy atom. The third-order valence-corrected chi connectivity index (χ3v) is 2.61. The minimum atomic E-state index is -5.06. The summed E-state index contributed by atoms with van der Waals surface area (Å²) in [7, 11) is 0. The third kappa shape index (κ3) is 4.17. The number of aliphatic carboxylic acids is 1. The molecule has 1 amide bonds. The first kappa shape index (κ1) is 16.7. The summed E-state index contributed by atoms with van der Waals surface area (Å²) in [5.74, 6) is -3.16. The van der Waals surface area contributed by atoms with Gasteiger partial charge in [0.25, 0.3) is 0 Å². The molecule has 106 valence electrons. The maximum Gasteiger partial charge on any atom is 0.422 e. The zero-order valence-electron chi connectivity index (χ0n) is 10.4. The number of carbonyl (C=O) groups excluding carboxylic acids is 1. The second-order valence-corrected chi connectivity index (χ2v) is 4.17. The molecule has 0 fully saturated rings. The van der Waals surface area contributed by atoms with Gasteiger partial charge in [-0.05, 0) is 20.3 Å². The number of alkyl halides is 3. The van der Waals surface area contributed by atoms with E-state index in [1.54, 1.807) is 6.92 Å². The molecule has 2 unspecified atom stereocenters. The SMILES string of the molecule is CCC(C)NCC(=O)NC(C)(C(=O)O)C(F)(F)F. The van der Waals surface area contributed by atoms with Crippen LogP contribution in [-0.2, 0) is 9.59 Å². The average Bonchev–Trinajstić information content (AvgIpc) is 2.23. The average molecular weight is 270 g/mol. The molecule has 2 atom stereocenters. The van der Waals surface area contributed by atoms with Gasteiger partial charge in [-0.15, -0.1) is 0 Å². The van der Waals surface area contributed by atoms with Crippen molar-refractivity contribution in [3.8, 4) is 0 Å². The van der Waals surface area contributed by atoms with Crippen molar-refractivity contribution in [3.05, 3.63) is 0 Å². The van der Waals surface area contributed by atoms with Gasteiger partial charge in [0.2, 0.25) is 11.4 Å². The van der Waals surface area contributed by atoms with Gasteiger partial charge in [-0.25, -0.2) is 4.79 Å². The van der Waals surface area contributed by atoms with Crippen molar-refractivity contribution >= 4 is 11.9 Å². The van der Waals surface area contributed by atoms with Crippen molar-refractivity contribution in [1.82, 2.24) is 10.6 Å². The van der Waals surface area contributed by atoms with Crippen LogP contribution in [0.2, 0.25) is 0 Å². The molecule has 0 aromatic carbocycles. The molecule has 0 aromatic rings. The Bertz CT molecular complexity index is 320. The molecule has 18 heavy (non-hydrogen) atoms. The minimum absolute atomic E-state index is 0.0438. The predicted molar refractivity (Wildman–Crippen MR) is 58.0 cm³/mol. The van der Waals surface area contributed by atoms with Crippen LogP contribution in [0.25, 0.3) is 0 Å². The fraction of sp³-hybridized carbons (Fsp3) is 0.800. The Morgan fingerprint density at radius 2 is 1.83 bits per heavy atom. The van der Waals surface area contributed by atoms with E-state index < -0.39 is 23.6 Å². The molecule has 5 nitrogen and oxygen atoms in total. The summed E-state index contributed by atoms with van der Waals surface area (Å²) in [6, 6.07) is -0.0438. The molecule has 0 rings (SSSR count). The molecule has 0 saturated carbocycles. The Balaban J connectivity index is 4.63. The van der Waals surface area contributed by atoms with Gasteiger partial charge >= 0.3 is 12.1 Å². The summed E-state index contributed by atoms with van der Waals surface area (Å²) < 4.78 is 37.7. The number of amides is 1. The number of rotatable bonds is 6. The molecule has 0 heterocycles. The standard InChI is InChI=1S/C10H17F3N2O3/c1-4-6(2)14-5-7(16)15-9(3,8(17)18)10(11,12)13/h6,14H,4-5H2,1-3H3,(H,15,16)(H,17,18). The molecular formula is C10H17F3N2O3. The first-order chi connectivity index (χ1) is 8.04. The van der Waals surface area contributed by atoms with Gasteiger partial charge in [0.05, 0.1) is 6.54 Å². The fourth-order valence-electron chi connectivity index (χ4n) is 0.980. The first-order valence-electron chi connectivity index (χ1n) is 5.39. The number of carboxylic acids is 1. The zero-order valence-corrected chi connectivity index (χ0v) is 10.4. The van der Waals surface area contributed by atoms with Crippen molar-refractivity contribution in [1.29, 1.82) is 0 Å². The summed E-state index contributed by atoms with van der Waals surface area (Å²) >= 11 is 0. The van der Waals surface area contributed by atoms with Crippen molar-refractivity contribution in [2.24, 2.45) is 0 Å². The van der Waals surface area contributed by atoms with Crippen LogP contribution in [0.3, 0.4) is 0 Å². The number of carbonyl (C=O) groups is 2. The van der Waals surface area contributed by atoms with Crippen LogP contribution in [0, 0.1) is 0 Å². The topological polar surface area (TPSA) is 78.4 Å². The van der Waals surface area contributed by atoms with E-state index >= 15 is 0 Å². The van der Waals surface area contributed by atoms with E-state index in [4.69, 9.17) is 5.11 Å². The summed E-state index contributed by atoms with van der Waals surface area (Å²) in [6.07, 6.45) is -4.37. The van der Waals surface area contributed by atoms with Gasteiger partial charge in [0.1, 0.15) is 0 Å². The van der Waals surface area contributed by atoms with E-state index in [0.29, 0.717) is 13.3 Å². The number of halogens is 3. The van der Waals surface area contributed by atoms with Crippen LogP contribution in [0.15, 0.2) is 0 Å². The number of hydrogen-bond donors (Lipinski definition) is 3. The Kier molecular flexibility index (Phi) is 5.59. The van der Waals surface area contributed by atoms with Gasteiger partial charge in [-0.1, -0.05) is 6.92 Å². The maximum atomic E-state index is 12.6. The lowest BCUT2D eigenvalue weighted by Crippen LogP contribution is -2.63. The van der Waals surface area contributed by atoms with Gasteiger partial charge in [-0.2, -0.15) is 13.2 Å². The molecule has 8 heteroatoms. The normalized spacial score (nSPS) is 16.8. The minimum Gasteiger partial charge on any atom is -0.479 e. The summed E-state index contributed by atoms with van der Waals surface area (Å²) in [6.45, 7) is 3.64. The lowest BCUT2D eigenvalue weighted by Gasteiger charge is -2.28. The zero-order chi connectivity index (χ0) is 14.6. The maximum absolute atomic E-state index is 12.6. The van der Waals surface area contributed by atoms with E-state index in [-0.39, 0.29) is 12.6 Å². The van der Waals surface area contributed by atoms with Crippen LogP contribution in [-0.4, -0.2) is 41.3 Å².